The Morgan fingerprint density at radius 3 is 2.57 bits per heavy atom. The lowest BCUT2D eigenvalue weighted by Gasteiger charge is -2.08. The van der Waals surface area contributed by atoms with E-state index in [-0.39, 0.29) is 11.4 Å². The summed E-state index contributed by atoms with van der Waals surface area (Å²) in [5.74, 6) is 0.382. The first kappa shape index (κ1) is 15.7. The Kier molecular flexibility index (Phi) is 4.76. The molecule has 2 aromatic rings. The minimum Gasteiger partial charge on any atom is -0.465 e. The maximum atomic E-state index is 13.8. The summed E-state index contributed by atoms with van der Waals surface area (Å²) in [6.07, 6.45) is 0. The van der Waals surface area contributed by atoms with E-state index >= 15 is 0 Å². The van der Waals surface area contributed by atoms with Gasteiger partial charge in [-0.25, -0.2) is 17.5 Å². The van der Waals surface area contributed by atoms with Crippen LogP contribution in [0.5, 0.6) is 0 Å². The van der Waals surface area contributed by atoms with Crippen molar-refractivity contribution in [3.8, 4) is 0 Å². The highest BCUT2D eigenvalue weighted by molar-refractivity contribution is 7.89. The van der Waals surface area contributed by atoms with Crippen LogP contribution in [0.15, 0.2) is 39.6 Å². The van der Waals surface area contributed by atoms with Gasteiger partial charge in [0.1, 0.15) is 22.2 Å². The van der Waals surface area contributed by atoms with Crippen molar-refractivity contribution in [2.24, 2.45) is 0 Å². The molecule has 0 aliphatic heterocycles. The van der Waals surface area contributed by atoms with E-state index in [0.717, 1.165) is 6.07 Å². The fourth-order valence-corrected chi connectivity index (χ4v) is 3.01. The molecule has 2 N–H and O–H groups in total. The van der Waals surface area contributed by atoms with Crippen molar-refractivity contribution in [1.29, 1.82) is 0 Å². The molecule has 0 unspecified atom stereocenters. The quantitative estimate of drug-likeness (QED) is 0.855. The summed E-state index contributed by atoms with van der Waals surface area (Å²) in [7, 11) is -2.20. The van der Waals surface area contributed by atoms with Crippen molar-refractivity contribution in [1.82, 2.24) is 10.0 Å². The Hall–Kier alpha value is -1.70. The second kappa shape index (κ2) is 6.38. The number of hydrogen-bond acceptors (Lipinski definition) is 4. The number of furan rings is 1. The van der Waals surface area contributed by atoms with Crippen molar-refractivity contribution >= 4 is 10.0 Å². The number of benzene rings is 1. The first-order chi connectivity index (χ1) is 9.92. The first-order valence-corrected chi connectivity index (χ1v) is 7.88. The third-order valence-electron chi connectivity index (χ3n) is 2.90. The number of rotatable bonds is 6. The van der Waals surface area contributed by atoms with Crippen LogP contribution in [0.2, 0.25) is 0 Å². The molecule has 1 aromatic heterocycles. The monoisotopic (exact) mass is 312 g/mol. The zero-order valence-electron chi connectivity index (χ0n) is 11.8. The van der Waals surface area contributed by atoms with Crippen LogP contribution < -0.4 is 10.0 Å². The fraction of sp³-hybridized carbons (Fsp3) is 0.286. The van der Waals surface area contributed by atoms with Gasteiger partial charge < -0.3 is 9.73 Å². The van der Waals surface area contributed by atoms with E-state index in [1.807, 2.05) is 0 Å². The van der Waals surface area contributed by atoms with Crippen LogP contribution in [-0.4, -0.2) is 15.5 Å². The minimum absolute atomic E-state index is 0.0220. The molecule has 21 heavy (non-hydrogen) atoms. The second-order valence-corrected chi connectivity index (χ2v) is 6.37. The number of nitrogens with one attached hydrogen (secondary N) is 2. The maximum absolute atomic E-state index is 13.8. The summed E-state index contributed by atoms with van der Waals surface area (Å²) in [5.41, 5.74) is 0.688. The smallest absolute Gasteiger partial charge is 0.243 e. The zero-order valence-corrected chi connectivity index (χ0v) is 12.6. The molecule has 0 atom stereocenters. The van der Waals surface area contributed by atoms with Crippen LogP contribution in [0.1, 0.15) is 17.1 Å². The van der Waals surface area contributed by atoms with Crippen LogP contribution >= 0.6 is 0 Å². The molecule has 0 aliphatic carbocycles. The molecule has 0 spiro atoms. The maximum Gasteiger partial charge on any atom is 0.243 e. The number of sulfonamides is 1. The second-order valence-electron chi connectivity index (χ2n) is 4.63. The summed E-state index contributed by atoms with van der Waals surface area (Å²) in [4.78, 5) is -0.362. The number of halogens is 1. The van der Waals surface area contributed by atoms with Gasteiger partial charge in [0, 0.05) is 6.54 Å². The van der Waals surface area contributed by atoms with E-state index < -0.39 is 15.8 Å². The SMILES string of the molecule is CNCc1ccc(F)c(S(=O)(=O)NCc2ccc(C)o2)c1. The number of aryl methyl sites for hydroxylation is 1. The zero-order chi connectivity index (χ0) is 15.5. The fourth-order valence-electron chi connectivity index (χ4n) is 1.89. The minimum atomic E-state index is -3.93. The predicted octanol–water partition coefficient (Wildman–Crippen LogP) is 1.93. The van der Waals surface area contributed by atoms with Crippen LogP contribution in [0.3, 0.4) is 0 Å². The van der Waals surface area contributed by atoms with Gasteiger partial charge in [-0.05, 0) is 43.8 Å². The average molecular weight is 312 g/mol. The molecule has 0 fully saturated rings. The van der Waals surface area contributed by atoms with Crippen molar-refractivity contribution in [2.75, 3.05) is 7.05 Å². The third-order valence-corrected chi connectivity index (χ3v) is 4.31. The summed E-state index contributed by atoms with van der Waals surface area (Å²) in [6, 6.07) is 7.42. The molecule has 0 amide bonds. The van der Waals surface area contributed by atoms with Crippen LogP contribution in [0.4, 0.5) is 4.39 Å². The molecule has 114 valence electrons. The molecule has 1 aromatic carbocycles. The summed E-state index contributed by atoms with van der Waals surface area (Å²) in [6.45, 7) is 2.20. The first-order valence-electron chi connectivity index (χ1n) is 6.40. The summed E-state index contributed by atoms with van der Waals surface area (Å²) < 4.78 is 45.7. The van der Waals surface area contributed by atoms with Crippen LogP contribution in [0.25, 0.3) is 0 Å². The van der Waals surface area contributed by atoms with E-state index in [9.17, 15) is 12.8 Å². The van der Waals surface area contributed by atoms with Crippen molar-refractivity contribution in [3.63, 3.8) is 0 Å². The van der Waals surface area contributed by atoms with Gasteiger partial charge in [0.25, 0.3) is 0 Å². The topological polar surface area (TPSA) is 71.3 Å². The molecule has 1 heterocycles. The molecule has 0 aliphatic rings. The van der Waals surface area contributed by atoms with Gasteiger partial charge in [-0.2, -0.15) is 0 Å². The summed E-state index contributed by atoms with van der Waals surface area (Å²) in [5, 5.41) is 2.89. The van der Waals surface area contributed by atoms with E-state index in [0.29, 0.717) is 23.6 Å². The van der Waals surface area contributed by atoms with E-state index in [2.05, 4.69) is 10.0 Å². The van der Waals surface area contributed by atoms with Gasteiger partial charge in [-0.1, -0.05) is 6.07 Å². The highest BCUT2D eigenvalue weighted by Crippen LogP contribution is 2.17. The van der Waals surface area contributed by atoms with Crippen LogP contribution in [-0.2, 0) is 23.1 Å². The van der Waals surface area contributed by atoms with Gasteiger partial charge in [0.15, 0.2) is 0 Å². The Labute approximate surface area is 123 Å². The lowest BCUT2D eigenvalue weighted by molar-refractivity contribution is 0.474. The molecule has 5 nitrogen and oxygen atoms in total. The van der Waals surface area contributed by atoms with Crippen molar-refractivity contribution < 1.29 is 17.2 Å². The number of hydrogen-bond donors (Lipinski definition) is 2. The molecular weight excluding hydrogens is 295 g/mol. The van der Waals surface area contributed by atoms with Gasteiger partial charge in [-0.3, -0.25) is 0 Å². The Morgan fingerprint density at radius 2 is 1.95 bits per heavy atom. The largest absolute Gasteiger partial charge is 0.465 e. The van der Waals surface area contributed by atoms with E-state index in [1.165, 1.54) is 6.07 Å². The van der Waals surface area contributed by atoms with Gasteiger partial charge >= 0.3 is 0 Å². The highest BCUT2D eigenvalue weighted by Gasteiger charge is 2.19. The molecule has 7 heteroatoms. The van der Waals surface area contributed by atoms with Crippen molar-refractivity contribution in [3.05, 3.63) is 53.2 Å². The van der Waals surface area contributed by atoms with Gasteiger partial charge in [0.2, 0.25) is 10.0 Å². The van der Waals surface area contributed by atoms with Crippen LogP contribution in [0, 0.1) is 12.7 Å². The molecule has 0 saturated carbocycles. The third kappa shape index (κ3) is 3.90. The molecular formula is C14H17FN2O3S. The van der Waals surface area contributed by atoms with Gasteiger partial charge in [-0.15, -0.1) is 0 Å². The normalized spacial score (nSPS) is 11.8. The predicted molar refractivity (Wildman–Crippen MR) is 76.6 cm³/mol. The average Bonchev–Trinajstić information content (AvgIpc) is 2.85. The van der Waals surface area contributed by atoms with Gasteiger partial charge in [0.05, 0.1) is 6.54 Å². The Balaban J connectivity index is 2.20. The standard InChI is InChI=1S/C14H17FN2O3S/c1-10-3-5-12(20-10)9-17-21(18,19)14-7-11(8-16-2)4-6-13(14)15/h3-7,16-17H,8-9H2,1-2H3. The van der Waals surface area contributed by atoms with E-state index in [1.54, 1.807) is 32.2 Å². The van der Waals surface area contributed by atoms with E-state index in [4.69, 9.17) is 4.42 Å². The molecule has 2 rings (SSSR count). The molecule has 0 saturated heterocycles. The lowest BCUT2D eigenvalue weighted by atomic mass is 10.2. The lowest BCUT2D eigenvalue weighted by Crippen LogP contribution is -2.24. The Bertz CT molecular complexity index is 726. The Morgan fingerprint density at radius 1 is 1.19 bits per heavy atom. The highest BCUT2D eigenvalue weighted by atomic mass is 32.2. The molecule has 0 radical (unpaired) electrons. The van der Waals surface area contributed by atoms with Crippen molar-refractivity contribution in [2.45, 2.75) is 24.9 Å². The molecule has 0 bridgehead atoms. The summed E-state index contributed by atoms with van der Waals surface area (Å²) >= 11 is 0.